The SMILES string of the molecule is COc1cccc(OCc2cn(C)c3cc(Cl)ccc23)c1. The lowest BCUT2D eigenvalue weighted by Gasteiger charge is -2.07. The zero-order valence-corrected chi connectivity index (χ0v) is 12.7. The first-order chi connectivity index (χ1) is 10.2. The van der Waals surface area contributed by atoms with Crippen molar-refractivity contribution in [1.29, 1.82) is 0 Å². The predicted molar refractivity (Wildman–Crippen MR) is 85.3 cm³/mol. The van der Waals surface area contributed by atoms with Crippen LogP contribution in [0.5, 0.6) is 11.5 Å². The van der Waals surface area contributed by atoms with Gasteiger partial charge < -0.3 is 14.0 Å². The first-order valence-corrected chi connectivity index (χ1v) is 7.05. The Labute approximate surface area is 128 Å². The van der Waals surface area contributed by atoms with E-state index in [-0.39, 0.29) is 0 Å². The molecular weight excluding hydrogens is 286 g/mol. The third-order valence-electron chi connectivity index (χ3n) is 3.47. The second-order valence-corrected chi connectivity index (χ2v) is 5.33. The number of hydrogen-bond acceptors (Lipinski definition) is 2. The summed E-state index contributed by atoms with van der Waals surface area (Å²) >= 11 is 6.05. The van der Waals surface area contributed by atoms with Gasteiger partial charge in [-0.2, -0.15) is 0 Å². The van der Waals surface area contributed by atoms with Crippen molar-refractivity contribution in [3.8, 4) is 11.5 Å². The minimum atomic E-state index is 0.506. The highest BCUT2D eigenvalue weighted by Gasteiger charge is 2.08. The van der Waals surface area contributed by atoms with Gasteiger partial charge in [-0.25, -0.2) is 0 Å². The molecule has 0 fully saturated rings. The highest BCUT2D eigenvalue weighted by atomic mass is 35.5. The van der Waals surface area contributed by atoms with Gasteiger partial charge in [0, 0.05) is 40.8 Å². The molecule has 0 unspecified atom stereocenters. The first kappa shape index (κ1) is 13.8. The maximum absolute atomic E-state index is 6.05. The van der Waals surface area contributed by atoms with Gasteiger partial charge in [-0.3, -0.25) is 0 Å². The molecule has 0 saturated carbocycles. The van der Waals surface area contributed by atoms with Crippen molar-refractivity contribution in [3.05, 3.63) is 59.2 Å². The average Bonchev–Trinajstić information content (AvgIpc) is 2.81. The zero-order chi connectivity index (χ0) is 14.8. The maximum atomic E-state index is 6.05. The van der Waals surface area contributed by atoms with E-state index in [1.807, 2.05) is 49.5 Å². The number of aromatic nitrogens is 1. The van der Waals surface area contributed by atoms with E-state index in [1.54, 1.807) is 7.11 Å². The minimum Gasteiger partial charge on any atom is -0.497 e. The van der Waals surface area contributed by atoms with E-state index in [1.165, 1.54) is 0 Å². The van der Waals surface area contributed by atoms with E-state index in [0.29, 0.717) is 6.61 Å². The molecule has 21 heavy (non-hydrogen) atoms. The van der Waals surface area contributed by atoms with Crippen LogP contribution < -0.4 is 9.47 Å². The summed E-state index contributed by atoms with van der Waals surface area (Å²) in [4.78, 5) is 0. The Kier molecular flexibility index (Phi) is 3.76. The molecule has 2 aromatic carbocycles. The lowest BCUT2D eigenvalue weighted by atomic mass is 10.2. The van der Waals surface area contributed by atoms with Crippen molar-refractivity contribution < 1.29 is 9.47 Å². The summed E-state index contributed by atoms with van der Waals surface area (Å²) in [5, 5.41) is 1.90. The second kappa shape index (κ2) is 5.70. The van der Waals surface area contributed by atoms with Crippen molar-refractivity contribution >= 4 is 22.5 Å². The Morgan fingerprint density at radius 3 is 2.71 bits per heavy atom. The molecular formula is C17H16ClNO2. The van der Waals surface area contributed by atoms with Gasteiger partial charge in [0.1, 0.15) is 18.1 Å². The number of ether oxygens (including phenoxy) is 2. The van der Waals surface area contributed by atoms with E-state index in [0.717, 1.165) is 33.0 Å². The molecule has 0 amide bonds. The number of halogens is 1. The second-order valence-electron chi connectivity index (χ2n) is 4.89. The quantitative estimate of drug-likeness (QED) is 0.712. The van der Waals surface area contributed by atoms with Gasteiger partial charge in [-0.15, -0.1) is 0 Å². The van der Waals surface area contributed by atoms with Crippen LogP contribution in [0.1, 0.15) is 5.56 Å². The fourth-order valence-electron chi connectivity index (χ4n) is 2.41. The van der Waals surface area contributed by atoms with Crippen LogP contribution in [-0.2, 0) is 13.7 Å². The lowest BCUT2D eigenvalue weighted by molar-refractivity contribution is 0.305. The van der Waals surface area contributed by atoms with E-state index in [2.05, 4.69) is 10.8 Å². The molecule has 0 bridgehead atoms. The number of methoxy groups -OCH3 is 1. The molecule has 0 aliphatic heterocycles. The maximum Gasteiger partial charge on any atom is 0.123 e. The van der Waals surface area contributed by atoms with Gasteiger partial charge in [-0.05, 0) is 24.3 Å². The van der Waals surface area contributed by atoms with Gasteiger partial charge in [-0.1, -0.05) is 23.7 Å². The van der Waals surface area contributed by atoms with Crippen LogP contribution in [0, 0.1) is 0 Å². The van der Waals surface area contributed by atoms with Gasteiger partial charge in [0.15, 0.2) is 0 Å². The molecule has 1 heterocycles. The van der Waals surface area contributed by atoms with E-state index in [4.69, 9.17) is 21.1 Å². The normalized spacial score (nSPS) is 10.8. The van der Waals surface area contributed by atoms with E-state index >= 15 is 0 Å². The minimum absolute atomic E-state index is 0.506. The Morgan fingerprint density at radius 1 is 1.10 bits per heavy atom. The Balaban J connectivity index is 1.85. The van der Waals surface area contributed by atoms with Gasteiger partial charge >= 0.3 is 0 Å². The van der Waals surface area contributed by atoms with Crippen molar-refractivity contribution in [2.75, 3.05) is 7.11 Å². The van der Waals surface area contributed by atoms with Crippen LogP contribution in [0.2, 0.25) is 5.02 Å². The number of fused-ring (bicyclic) bond motifs is 1. The average molecular weight is 302 g/mol. The molecule has 1 aromatic heterocycles. The van der Waals surface area contributed by atoms with Crippen LogP contribution in [-0.4, -0.2) is 11.7 Å². The highest BCUT2D eigenvalue weighted by molar-refractivity contribution is 6.31. The largest absolute Gasteiger partial charge is 0.497 e. The van der Waals surface area contributed by atoms with Gasteiger partial charge in [0.05, 0.1) is 7.11 Å². The molecule has 3 nitrogen and oxygen atoms in total. The lowest BCUT2D eigenvalue weighted by Crippen LogP contribution is -1.95. The fourth-order valence-corrected chi connectivity index (χ4v) is 2.57. The molecule has 0 spiro atoms. The molecule has 0 aliphatic carbocycles. The zero-order valence-electron chi connectivity index (χ0n) is 12.0. The first-order valence-electron chi connectivity index (χ1n) is 6.67. The third-order valence-corrected chi connectivity index (χ3v) is 3.71. The Bertz CT molecular complexity index is 780. The summed E-state index contributed by atoms with van der Waals surface area (Å²) in [6.07, 6.45) is 2.07. The summed E-state index contributed by atoms with van der Waals surface area (Å²) in [7, 11) is 3.65. The molecule has 0 aliphatic rings. The number of nitrogens with zero attached hydrogens (tertiary/aromatic N) is 1. The molecule has 0 saturated heterocycles. The molecule has 0 atom stereocenters. The third kappa shape index (κ3) is 2.83. The Morgan fingerprint density at radius 2 is 1.90 bits per heavy atom. The Hall–Kier alpha value is -2.13. The smallest absolute Gasteiger partial charge is 0.123 e. The summed E-state index contributed by atoms with van der Waals surface area (Å²) in [5.41, 5.74) is 2.23. The van der Waals surface area contributed by atoms with Crippen LogP contribution >= 0.6 is 11.6 Å². The van der Waals surface area contributed by atoms with Crippen molar-refractivity contribution in [2.24, 2.45) is 7.05 Å². The van der Waals surface area contributed by atoms with E-state index in [9.17, 15) is 0 Å². The standard InChI is InChI=1S/C17H16ClNO2/c1-19-10-12(16-7-6-13(18)8-17(16)19)11-21-15-5-3-4-14(9-15)20-2/h3-10H,11H2,1-2H3. The molecule has 3 aromatic rings. The predicted octanol–water partition coefficient (Wildman–Crippen LogP) is 4.42. The number of benzene rings is 2. The fraction of sp³-hybridized carbons (Fsp3) is 0.176. The summed E-state index contributed by atoms with van der Waals surface area (Å²) in [6, 6.07) is 13.5. The van der Waals surface area contributed by atoms with Crippen LogP contribution in [0.15, 0.2) is 48.7 Å². The molecule has 108 valence electrons. The monoisotopic (exact) mass is 301 g/mol. The van der Waals surface area contributed by atoms with Gasteiger partial charge in [0.25, 0.3) is 0 Å². The summed E-state index contributed by atoms with van der Waals surface area (Å²) in [6.45, 7) is 0.506. The van der Waals surface area contributed by atoms with Crippen molar-refractivity contribution in [1.82, 2.24) is 4.57 Å². The topological polar surface area (TPSA) is 23.4 Å². The molecule has 0 N–H and O–H groups in total. The van der Waals surface area contributed by atoms with Crippen LogP contribution in [0.4, 0.5) is 0 Å². The van der Waals surface area contributed by atoms with E-state index < -0.39 is 0 Å². The molecule has 0 radical (unpaired) electrons. The van der Waals surface area contributed by atoms with Crippen molar-refractivity contribution in [3.63, 3.8) is 0 Å². The number of aryl methyl sites for hydroxylation is 1. The van der Waals surface area contributed by atoms with Crippen LogP contribution in [0.25, 0.3) is 10.9 Å². The molecule has 3 rings (SSSR count). The number of rotatable bonds is 4. The molecule has 4 heteroatoms. The van der Waals surface area contributed by atoms with Crippen LogP contribution in [0.3, 0.4) is 0 Å². The number of hydrogen-bond donors (Lipinski definition) is 0. The summed E-state index contributed by atoms with van der Waals surface area (Å²) < 4.78 is 13.1. The van der Waals surface area contributed by atoms with Gasteiger partial charge in [0.2, 0.25) is 0 Å². The summed E-state index contributed by atoms with van der Waals surface area (Å²) in [5.74, 6) is 1.58. The van der Waals surface area contributed by atoms with Crippen molar-refractivity contribution in [2.45, 2.75) is 6.61 Å². The highest BCUT2D eigenvalue weighted by Crippen LogP contribution is 2.26.